The Labute approximate surface area is 122 Å². The Morgan fingerprint density at radius 1 is 1.35 bits per heavy atom. The fourth-order valence-corrected chi connectivity index (χ4v) is 2.09. The molecule has 1 aliphatic rings. The third-order valence-electron chi connectivity index (χ3n) is 3.52. The normalized spacial score (nSPS) is 18.4. The summed E-state index contributed by atoms with van der Waals surface area (Å²) >= 11 is 0. The first-order valence-corrected chi connectivity index (χ1v) is 7.74. The van der Waals surface area contributed by atoms with Gasteiger partial charge in [-0.05, 0) is 46.1 Å². The molecule has 1 aliphatic heterocycles. The number of nitrogens with one attached hydrogen (secondary N) is 1. The molecule has 0 aromatic carbocycles. The molecule has 0 spiro atoms. The van der Waals surface area contributed by atoms with Gasteiger partial charge in [-0.1, -0.05) is 6.92 Å². The number of hydrogen-bond acceptors (Lipinski definition) is 5. The van der Waals surface area contributed by atoms with Crippen molar-refractivity contribution in [2.75, 3.05) is 33.0 Å². The fourth-order valence-electron chi connectivity index (χ4n) is 2.09. The number of carbonyl (C=O) groups is 1. The first-order chi connectivity index (χ1) is 9.62. The molecular weight excluding hydrogens is 258 g/mol. The molecule has 1 heterocycles. The molecule has 118 valence electrons. The van der Waals surface area contributed by atoms with Crippen LogP contribution in [0.4, 0.5) is 0 Å². The number of unbranched alkanes of at least 4 members (excludes halogenated alkanes) is 1. The highest BCUT2D eigenvalue weighted by Crippen LogP contribution is 2.17. The highest BCUT2D eigenvalue weighted by molar-refractivity contribution is 5.80. The van der Waals surface area contributed by atoms with Crippen molar-refractivity contribution >= 4 is 5.97 Å². The predicted molar refractivity (Wildman–Crippen MR) is 77.7 cm³/mol. The van der Waals surface area contributed by atoms with Gasteiger partial charge >= 0.3 is 5.97 Å². The summed E-state index contributed by atoms with van der Waals surface area (Å²) in [4.78, 5) is 12.1. The van der Waals surface area contributed by atoms with E-state index in [2.05, 4.69) is 12.2 Å². The summed E-state index contributed by atoms with van der Waals surface area (Å²) < 4.78 is 15.8. The summed E-state index contributed by atoms with van der Waals surface area (Å²) in [7, 11) is 0. The van der Waals surface area contributed by atoms with Crippen LogP contribution in [0, 0.1) is 0 Å². The second-order valence-electron chi connectivity index (χ2n) is 5.47. The maximum atomic E-state index is 12.1. The van der Waals surface area contributed by atoms with Gasteiger partial charge in [0.1, 0.15) is 11.6 Å². The van der Waals surface area contributed by atoms with Crippen LogP contribution in [-0.2, 0) is 19.0 Å². The summed E-state index contributed by atoms with van der Waals surface area (Å²) in [5, 5.41) is 3.32. The summed E-state index contributed by atoms with van der Waals surface area (Å²) in [5.74, 6) is -0.151. The van der Waals surface area contributed by atoms with Gasteiger partial charge in [0.05, 0.1) is 19.8 Å². The van der Waals surface area contributed by atoms with Crippen molar-refractivity contribution in [2.45, 2.75) is 58.1 Å². The quantitative estimate of drug-likeness (QED) is 0.464. The van der Waals surface area contributed by atoms with E-state index in [1.807, 2.05) is 13.8 Å². The van der Waals surface area contributed by atoms with E-state index < -0.39 is 5.54 Å². The summed E-state index contributed by atoms with van der Waals surface area (Å²) in [6.07, 6.45) is 3.96. The van der Waals surface area contributed by atoms with Crippen molar-refractivity contribution in [2.24, 2.45) is 0 Å². The Balaban J connectivity index is 2.25. The average molecular weight is 287 g/mol. The first kappa shape index (κ1) is 17.4. The lowest BCUT2D eigenvalue weighted by Crippen LogP contribution is -2.50. The van der Waals surface area contributed by atoms with E-state index in [1.54, 1.807) is 0 Å². The molecule has 0 amide bonds. The van der Waals surface area contributed by atoms with Crippen molar-refractivity contribution in [1.82, 2.24) is 5.32 Å². The van der Waals surface area contributed by atoms with Gasteiger partial charge in [-0.3, -0.25) is 4.79 Å². The zero-order valence-corrected chi connectivity index (χ0v) is 13.1. The van der Waals surface area contributed by atoms with Crippen LogP contribution >= 0.6 is 0 Å². The average Bonchev–Trinajstić information content (AvgIpc) is 2.38. The molecule has 0 bridgehead atoms. The zero-order valence-electron chi connectivity index (χ0n) is 13.1. The van der Waals surface area contributed by atoms with Crippen LogP contribution in [0.5, 0.6) is 0 Å². The molecule has 0 saturated carbocycles. The van der Waals surface area contributed by atoms with Crippen molar-refractivity contribution in [1.29, 1.82) is 0 Å². The number of ether oxygens (including phenoxy) is 3. The maximum Gasteiger partial charge on any atom is 0.326 e. The van der Waals surface area contributed by atoms with Gasteiger partial charge in [0.15, 0.2) is 0 Å². The number of carbonyl (C=O) groups excluding carboxylic acids is 1. The monoisotopic (exact) mass is 287 g/mol. The van der Waals surface area contributed by atoms with Crippen LogP contribution in [0.1, 0.15) is 46.5 Å². The van der Waals surface area contributed by atoms with E-state index in [4.69, 9.17) is 14.2 Å². The Kier molecular flexibility index (Phi) is 8.11. The van der Waals surface area contributed by atoms with Gasteiger partial charge in [0.25, 0.3) is 0 Å². The SMILES string of the molecule is CCCNC(C)(CCCCOC1COC1)C(=O)OCC. The molecule has 5 heteroatoms. The van der Waals surface area contributed by atoms with Crippen LogP contribution < -0.4 is 5.32 Å². The Hall–Kier alpha value is -0.650. The molecule has 1 N–H and O–H groups in total. The Morgan fingerprint density at radius 3 is 2.65 bits per heavy atom. The lowest BCUT2D eigenvalue weighted by molar-refractivity contribution is -0.151. The molecule has 1 atom stereocenters. The third kappa shape index (κ3) is 5.77. The molecule has 0 aromatic rings. The molecule has 1 rings (SSSR count). The van der Waals surface area contributed by atoms with Gasteiger partial charge in [-0.15, -0.1) is 0 Å². The minimum absolute atomic E-state index is 0.151. The second kappa shape index (κ2) is 9.32. The van der Waals surface area contributed by atoms with E-state index in [-0.39, 0.29) is 12.1 Å². The summed E-state index contributed by atoms with van der Waals surface area (Å²) in [5.41, 5.74) is -0.578. The van der Waals surface area contributed by atoms with Crippen molar-refractivity contribution in [3.8, 4) is 0 Å². The van der Waals surface area contributed by atoms with Crippen LogP contribution in [0.15, 0.2) is 0 Å². The van der Waals surface area contributed by atoms with E-state index in [1.165, 1.54) is 0 Å². The van der Waals surface area contributed by atoms with Crippen LogP contribution in [0.3, 0.4) is 0 Å². The van der Waals surface area contributed by atoms with E-state index in [9.17, 15) is 4.79 Å². The van der Waals surface area contributed by atoms with Gasteiger partial charge < -0.3 is 19.5 Å². The molecule has 1 fully saturated rings. The molecule has 0 aliphatic carbocycles. The molecule has 0 aromatic heterocycles. The second-order valence-corrected chi connectivity index (χ2v) is 5.47. The topological polar surface area (TPSA) is 56.8 Å². The van der Waals surface area contributed by atoms with Crippen molar-refractivity contribution < 1.29 is 19.0 Å². The molecule has 20 heavy (non-hydrogen) atoms. The van der Waals surface area contributed by atoms with E-state index in [0.717, 1.165) is 52.0 Å². The summed E-state index contributed by atoms with van der Waals surface area (Å²) in [6.45, 7) is 9.29. The fraction of sp³-hybridized carbons (Fsp3) is 0.933. The number of esters is 1. The summed E-state index contributed by atoms with van der Waals surface area (Å²) in [6, 6.07) is 0. The molecule has 1 unspecified atom stereocenters. The lowest BCUT2D eigenvalue weighted by Gasteiger charge is -2.29. The minimum Gasteiger partial charge on any atom is -0.465 e. The standard InChI is InChI=1S/C15H29NO4/c1-4-9-16-15(3,14(17)19-5-2)8-6-7-10-20-13-11-18-12-13/h13,16H,4-12H2,1-3H3. The first-order valence-electron chi connectivity index (χ1n) is 7.74. The Morgan fingerprint density at radius 2 is 2.10 bits per heavy atom. The highest BCUT2D eigenvalue weighted by Gasteiger charge is 2.33. The smallest absolute Gasteiger partial charge is 0.326 e. The highest BCUT2D eigenvalue weighted by atomic mass is 16.6. The van der Waals surface area contributed by atoms with E-state index >= 15 is 0 Å². The van der Waals surface area contributed by atoms with Gasteiger partial charge in [0, 0.05) is 6.61 Å². The number of hydrogen-bond donors (Lipinski definition) is 1. The largest absolute Gasteiger partial charge is 0.465 e. The van der Waals surface area contributed by atoms with E-state index in [0.29, 0.717) is 6.61 Å². The number of rotatable bonds is 11. The maximum absolute atomic E-state index is 12.1. The lowest BCUT2D eigenvalue weighted by atomic mass is 9.94. The molecular formula is C15H29NO4. The van der Waals surface area contributed by atoms with Gasteiger partial charge in [-0.25, -0.2) is 0 Å². The third-order valence-corrected chi connectivity index (χ3v) is 3.52. The van der Waals surface area contributed by atoms with Crippen molar-refractivity contribution in [3.63, 3.8) is 0 Å². The zero-order chi connectivity index (χ0) is 14.8. The molecule has 0 radical (unpaired) electrons. The van der Waals surface area contributed by atoms with Crippen LogP contribution in [-0.4, -0.2) is 50.6 Å². The van der Waals surface area contributed by atoms with Gasteiger partial charge in [0.2, 0.25) is 0 Å². The molecule has 1 saturated heterocycles. The molecule has 5 nitrogen and oxygen atoms in total. The Bertz CT molecular complexity index is 281. The van der Waals surface area contributed by atoms with Gasteiger partial charge in [-0.2, -0.15) is 0 Å². The van der Waals surface area contributed by atoms with Crippen molar-refractivity contribution in [3.05, 3.63) is 0 Å². The minimum atomic E-state index is -0.578. The predicted octanol–water partition coefficient (Wildman–Crippen LogP) is 1.89. The van der Waals surface area contributed by atoms with Crippen LogP contribution in [0.2, 0.25) is 0 Å². The van der Waals surface area contributed by atoms with Crippen LogP contribution in [0.25, 0.3) is 0 Å².